The number of aryl methyl sites for hydroxylation is 1. The zero-order valence-electron chi connectivity index (χ0n) is 21.2. The number of hydrogen-bond donors (Lipinski definition) is 2. The van der Waals surface area contributed by atoms with Gasteiger partial charge in [0, 0.05) is 49.8 Å². The first-order chi connectivity index (χ1) is 18.4. The summed E-state index contributed by atoms with van der Waals surface area (Å²) in [6.45, 7) is 5.06. The van der Waals surface area contributed by atoms with E-state index in [9.17, 15) is 18.8 Å². The molecule has 0 aliphatic carbocycles. The molecule has 0 radical (unpaired) electrons. The standard InChI is InChI=1S/C27H29FN6O4/c1-3-10-33-25-22(26(36)34(11-4-2)27(33)37)31-24(32-25)17-8-9-21(30-14-17)38-23(18-13-20(35)29-15-18)16-6-5-7-19(28)12-16/h5-9,12,14,18,23H,3-4,10-11,13,15H2,1-2H3,(H,29,35)(H,31,32). The van der Waals surface area contributed by atoms with Gasteiger partial charge in [0.1, 0.15) is 23.3 Å². The lowest BCUT2D eigenvalue weighted by atomic mass is 9.94. The monoisotopic (exact) mass is 520 g/mol. The summed E-state index contributed by atoms with van der Waals surface area (Å²) in [6, 6.07) is 9.53. The van der Waals surface area contributed by atoms with Crippen molar-refractivity contribution in [2.75, 3.05) is 6.54 Å². The Labute approximate surface area is 217 Å². The van der Waals surface area contributed by atoms with E-state index >= 15 is 0 Å². The molecule has 4 aromatic rings. The normalized spacial score (nSPS) is 16.1. The molecule has 38 heavy (non-hydrogen) atoms. The van der Waals surface area contributed by atoms with Crippen LogP contribution in [0, 0.1) is 11.7 Å². The molecular formula is C27H29FN6O4. The van der Waals surface area contributed by atoms with Gasteiger partial charge in [0.05, 0.1) is 0 Å². The number of hydrogen-bond acceptors (Lipinski definition) is 6. The van der Waals surface area contributed by atoms with Gasteiger partial charge in [-0.25, -0.2) is 19.2 Å². The number of rotatable bonds is 9. The Hall–Kier alpha value is -4.28. The third-order valence-corrected chi connectivity index (χ3v) is 6.63. The summed E-state index contributed by atoms with van der Waals surface area (Å²) >= 11 is 0. The molecule has 0 spiro atoms. The van der Waals surface area contributed by atoms with Gasteiger partial charge in [-0.2, -0.15) is 0 Å². The fraction of sp³-hybridized carbons (Fsp3) is 0.370. The Bertz CT molecular complexity index is 1590. The minimum absolute atomic E-state index is 0.0762. The van der Waals surface area contributed by atoms with Gasteiger partial charge in [-0.3, -0.25) is 18.7 Å². The van der Waals surface area contributed by atoms with E-state index in [4.69, 9.17) is 4.74 Å². The van der Waals surface area contributed by atoms with Crippen LogP contribution >= 0.6 is 0 Å². The van der Waals surface area contributed by atoms with Crippen LogP contribution in [0.2, 0.25) is 0 Å². The smallest absolute Gasteiger partial charge is 0.332 e. The first-order valence-corrected chi connectivity index (χ1v) is 12.8. The van der Waals surface area contributed by atoms with Crippen molar-refractivity contribution in [1.82, 2.24) is 29.4 Å². The molecule has 1 saturated heterocycles. The highest BCUT2D eigenvalue weighted by atomic mass is 19.1. The van der Waals surface area contributed by atoms with E-state index in [-0.39, 0.29) is 35.3 Å². The Balaban J connectivity index is 1.47. The van der Waals surface area contributed by atoms with Gasteiger partial charge in [0.25, 0.3) is 5.56 Å². The van der Waals surface area contributed by atoms with Crippen LogP contribution in [0.15, 0.2) is 52.2 Å². The Morgan fingerprint density at radius 3 is 2.55 bits per heavy atom. The average Bonchev–Trinajstić information content (AvgIpc) is 3.55. The van der Waals surface area contributed by atoms with Crippen molar-refractivity contribution < 1.29 is 13.9 Å². The molecule has 2 unspecified atom stereocenters. The second kappa shape index (κ2) is 10.6. The summed E-state index contributed by atoms with van der Waals surface area (Å²) in [4.78, 5) is 49.8. The van der Waals surface area contributed by atoms with Gasteiger partial charge >= 0.3 is 5.69 Å². The van der Waals surface area contributed by atoms with E-state index in [1.807, 2.05) is 13.8 Å². The number of aromatic nitrogens is 5. The highest BCUT2D eigenvalue weighted by Crippen LogP contribution is 2.32. The molecule has 5 rings (SSSR count). The number of ether oxygens (including phenoxy) is 1. The molecule has 3 aromatic heterocycles. The van der Waals surface area contributed by atoms with Crippen molar-refractivity contribution in [2.24, 2.45) is 5.92 Å². The SMILES string of the molecule is CCCn1c(=O)c2[nH]c(-c3ccc(OC(c4cccc(F)c4)C4CNC(=O)C4)nc3)nc2n(CCC)c1=O. The molecule has 4 heterocycles. The van der Waals surface area contributed by atoms with E-state index in [0.29, 0.717) is 61.0 Å². The summed E-state index contributed by atoms with van der Waals surface area (Å²) in [5, 5.41) is 2.80. The van der Waals surface area contributed by atoms with Crippen LogP contribution in [-0.4, -0.2) is 36.5 Å². The van der Waals surface area contributed by atoms with Gasteiger partial charge in [0.15, 0.2) is 5.65 Å². The number of nitrogens with zero attached hydrogens (tertiary/aromatic N) is 4. The average molecular weight is 521 g/mol. The van der Waals surface area contributed by atoms with Crippen LogP contribution in [0.5, 0.6) is 5.88 Å². The maximum atomic E-state index is 13.9. The first kappa shape index (κ1) is 25.4. The maximum Gasteiger partial charge on any atom is 0.332 e. The van der Waals surface area contributed by atoms with Crippen molar-refractivity contribution >= 4 is 17.1 Å². The zero-order chi connectivity index (χ0) is 26.8. The van der Waals surface area contributed by atoms with Crippen LogP contribution in [0.4, 0.5) is 4.39 Å². The highest BCUT2D eigenvalue weighted by molar-refractivity contribution is 5.78. The molecule has 2 atom stereocenters. The lowest BCUT2D eigenvalue weighted by Gasteiger charge is -2.23. The number of benzene rings is 1. The van der Waals surface area contributed by atoms with E-state index in [2.05, 4.69) is 20.3 Å². The summed E-state index contributed by atoms with van der Waals surface area (Å²) in [6.07, 6.45) is 2.62. The summed E-state index contributed by atoms with van der Waals surface area (Å²) in [5.41, 5.74) is 1.04. The van der Waals surface area contributed by atoms with E-state index in [0.717, 1.165) is 0 Å². The Morgan fingerprint density at radius 2 is 1.89 bits per heavy atom. The summed E-state index contributed by atoms with van der Waals surface area (Å²) in [5.74, 6) is 0.0594. The molecule has 10 nitrogen and oxygen atoms in total. The van der Waals surface area contributed by atoms with Gasteiger partial charge in [0.2, 0.25) is 11.8 Å². The van der Waals surface area contributed by atoms with Gasteiger partial charge < -0.3 is 15.0 Å². The largest absolute Gasteiger partial charge is 0.469 e. The van der Waals surface area contributed by atoms with Crippen molar-refractivity contribution in [2.45, 2.75) is 52.3 Å². The van der Waals surface area contributed by atoms with Crippen LogP contribution in [0.3, 0.4) is 0 Å². The second-order valence-electron chi connectivity index (χ2n) is 9.42. The van der Waals surface area contributed by atoms with E-state index in [1.165, 1.54) is 21.3 Å². The van der Waals surface area contributed by atoms with Crippen LogP contribution in [0.25, 0.3) is 22.6 Å². The molecular weight excluding hydrogens is 491 g/mol. The minimum Gasteiger partial charge on any atom is -0.469 e. The van der Waals surface area contributed by atoms with Crippen molar-refractivity contribution in [3.05, 3.63) is 74.8 Å². The van der Waals surface area contributed by atoms with E-state index in [1.54, 1.807) is 30.5 Å². The molecule has 198 valence electrons. The predicted molar refractivity (Wildman–Crippen MR) is 139 cm³/mol. The zero-order valence-corrected chi connectivity index (χ0v) is 21.2. The number of fused-ring (bicyclic) bond motifs is 1. The molecule has 1 fully saturated rings. The number of nitrogens with one attached hydrogen (secondary N) is 2. The third-order valence-electron chi connectivity index (χ3n) is 6.63. The van der Waals surface area contributed by atoms with E-state index < -0.39 is 11.7 Å². The number of pyridine rings is 1. The van der Waals surface area contributed by atoms with Gasteiger partial charge in [-0.05, 0) is 36.6 Å². The fourth-order valence-corrected chi connectivity index (χ4v) is 4.83. The molecule has 0 bridgehead atoms. The quantitative estimate of drug-likeness (QED) is 0.349. The number of carbonyl (C=O) groups excluding carboxylic acids is 1. The lowest BCUT2D eigenvalue weighted by molar-refractivity contribution is -0.119. The molecule has 11 heteroatoms. The Morgan fingerprint density at radius 1 is 1.11 bits per heavy atom. The van der Waals surface area contributed by atoms with Crippen molar-refractivity contribution in [3.63, 3.8) is 0 Å². The van der Waals surface area contributed by atoms with Gasteiger partial charge in [-0.15, -0.1) is 0 Å². The maximum absolute atomic E-state index is 13.9. The number of imidazole rings is 1. The van der Waals surface area contributed by atoms with Crippen LogP contribution in [-0.2, 0) is 17.9 Å². The van der Waals surface area contributed by atoms with Crippen LogP contribution < -0.4 is 21.3 Å². The molecule has 1 aliphatic rings. The Kier molecular flexibility index (Phi) is 7.08. The fourth-order valence-electron chi connectivity index (χ4n) is 4.83. The predicted octanol–water partition coefficient (Wildman–Crippen LogP) is 3.16. The lowest BCUT2D eigenvalue weighted by Crippen LogP contribution is -2.40. The highest BCUT2D eigenvalue weighted by Gasteiger charge is 2.32. The third kappa shape index (κ3) is 4.83. The number of aromatic amines is 1. The topological polar surface area (TPSA) is 124 Å². The number of H-pyrrole nitrogens is 1. The molecule has 1 aliphatic heterocycles. The van der Waals surface area contributed by atoms with Crippen molar-refractivity contribution in [1.29, 1.82) is 0 Å². The van der Waals surface area contributed by atoms with Crippen molar-refractivity contribution in [3.8, 4) is 17.3 Å². The molecule has 1 amide bonds. The number of halogens is 1. The minimum atomic E-state index is -0.574. The molecule has 2 N–H and O–H groups in total. The summed E-state index contributed by atoms with van der Waals surface area (Å²) in [7, 11) is 0. The van der Waals surface area contributed by atoms with Crippen LogP contribution in [0.1, 0.15) is 44.8 Å². The summed E-state index contributed by atoms with van der Waals surface area (Å²) < 4.78 is 22.9. The van der Waals surface area contributed by atoms with Gasteiger partial charge in [-0.1, -0.05) is 26.0 Å². The second-order valence-corrected chi connectivity index (χ2v) is 9.42. The number of carbonyl (C=O) groups is 1. The first-order valence-electron chi connectivity index (χ1n) is 12.8. The molecule has 1 aromatic carbocycles. The molecule has 0 saturated carbocycles. The number of amides is 1.